The van der Waals surface area contributed by atoms with E-state index in [4.69, 9.17) is 13.9 Å². The van der Waals surface area contributed by atoms with Crippen LogP contribution in [0.1, 0.15) is 76.7 Å². The molecule has 0 radical (unpaired) electrons. The Morgan fingerprint density at radius 1 is 0.864 bits per heavy atom. The van der Waals surface area contributed by atoms with E-state index in [1.807, 2.05) is 43.5 Å². The van der Waals surface area contributed by atoms with Crippen molar-refractivity contribution in [1.29, 1.82) is 0 Å². The number of benzene rings is 3. The van der Waals surface area contributed by atoms with E-state index in [2.05, 4.69) is 0 Å². The normalized spacial score (nSPS) is 17.0. The third-order valence-electron chi connectivity index (χ3n) is 11.0. The van der Waals surface area contributed by atoms with E-state index in [-0.39, 0.29) is 44.8 Å². The number of halogens is 4. The van der Waals surface area contributed by atoms with Gasteiger partial charge in [0.15, 0.2) is 18.2 Å². The summed E-state index contributed by atoms with van der Waals surface area (Å²) in [7, 11) is -11.8. The minimum Gasteiger partial charge on any atom is -0.456 e. The lowest BCUT2D eigenvalue weighted by atomic mass is 9.77. The summed E-state index contributed by atoms with van der Waals surface area (Å²) in [6.45, 7) is 8.65. The third-order valence-corrected chi connectivity index (χ3v) is 13.4. The number of hydrogen-bond donors (Lipinski definition) is 3. The first-order chi connectivity index (χ1) is 30.6. The monoisotopic (exact) mass is 987 g/mol. The zero-order chi connectivity index (χ0) is 49.0. The Labute approximate surface area is 380 Å². The Balaban J connectivity index is 1.61. The van der Waals surface area contributed by atoms with Gasteiger partial charge >= 0.3 is 5.97 Å². The van der Waals surface area contributed by atoms with Crippen LogP contribution in [-0.4, -0.2) is 89.7 Å². The molecule has 0 saturated heterocycles. The molecular formula is C44H51F4N2O13S3+. The summed E-state index contributed by atoms with van der Waals surface area (Å²) in [5.41, 5.74) is 1.14. The predicted octanol–water partition coefficient (Wildman–Crippen LogP) is 6.91. The average Bonchev–Trinajstić information content (AvgIpc) is 3.43. The van der Waals surface area contributed by atoms with Gasteiger partial charge in [-0.05, 0) is 85.2 Å². The van der Waals surface area contributed by atoms with Gasteiger partial charge in [-0.1, -0.05) is 26.8 Å². The van der Waals surface area contributed by atoms with Crippen molar-refractivity contribution >= 4 is 48.1 Å². The molecule has 15 nitrogen and oxygen atoms in total. The molecule has 22 heteroatoms. The quantitative estimate of drug-likeness (QED) is 0.0217. The van der Waals surface area contributed by atoms with Crippen molar-refractivity contribution in [2.24, 2.45) is 0 Å². The number of hydrogen-bond acceptors (Lipinski definition) is 11. The van der Waals surface area contributed by atoms with E-state index in [1.165, 1.54) is 19.2 Å². The predicted molar refractivity (Wildman–Crippen MR) is 237 cm³/mol. The smallest absolute Gasteiger partial charge is 0.311 e. The molecule has 2 aromatic carbocycles. The Morgan fingerprint density at radius 3 is 2.12 bits per heavy atom. The number of carbonyl (C=O) groups is 1. The highest BCUT2D eigenvalue weighted by Gasteiger charge is 2.44. The van der Waals surface area contributed by atoms with Crippen LogP contribution in [0, 0.1) is 23.3 Å². The number of fused-ring (bicyclic) bond motifs is 2. The molecule has 2 aromatic rings. The van der Waals surface area contributed by atoms with E-state index < -0.39 is 99.0 Å². The number of carbonyl (C=O) groups excluding carboxylic acids is 1. The summed E-state index contributed by atoms with van der Waals surface area (Å²) < 4.78 is 175. The van der Waals surface area contributed by atoms with Crippen LogP contribution in [0.15, 0.2) is 75.7 Å². The van der Waals surface area contributed by atoms with Crippen LogP contribution < -0.4 is 19.6 Å². The Morgan fingerprint density at radius 2 is 1.52 bits per heavy atom. The molecule has 5 rings (SSSR count). The summed E-state index contributed by atoms with van der Waals surface area (Å²) in [5.74, 6) is -10.5. The zero-order valence-corrected chi connectivity index (χ0v) is 39.1. The molecule has 1 unspecified atom stereocenters. The second-order valence-electron chi connectivity index (χ2n) is 16.9. The molecule has 3 aliphatic rings. The molecule has 66 heavy (non-hydrogen) atoms. The summed E-state index contributed by atoms with van der Waals surface area (Å²) in [6, 6.07) is 11.1. The van der Waals surface area contributed by atoms with E-state index in [9.17, 15) is 61.3 Å². The first-order valence-corrected chi connectivity index (χ1v) is 25.2. The van der Waals surface area contributed by atoms with Gasteiger partial charge in [-0.2, -0.15) is 34.0 Å². The summed E-state index contributed by atoms with van der Waals surface area (Å²) in [4.78, 5) is 14.1. The van der Waals surface area contributed by atoms with E-state index in [0.717, 1.165) is 17.2 Å². The SMILES string of the molecule is COCC[N+](CCCS(=O)(=O)O)=c1ccc2c(C(C)(C)C)cc(/C=C/C=C3/N(CCCS(=O)(=O)O)c4ccc(S(=O)(=O)O)cc4C3(C)CCCC(=O)Oc3c(F)c(F)cc(F)c3F)oc-2c1. The van der Waals surface area contributed by atoms with Crippen LogP contribution in [-0.2, 0) is 50.7 Å². The summed E-state index contributed by atoms with van der Waals surface area (Å²) in [6.07, 6.45) is 4.23. The molecule has 0 bridgehead atoms. The topological polar surface area (TPSA) is 218 Å². The van der Waals surface area contributed by atoms with Crippen molar-refractivity contribution in [3.8, 4) is 17.1 Å². The highest BCUT2D eigenvalue weighted by Crippen LogP contribution is 2.51. The molecule has 3 N–H and O–H groups in total. The van der Waals surface area contributed by atoms with Gasteiger partial charge in [0, 0.05) is 61.0 Å². The maximum absolute atomic E-state index is 14.3. The van der Waals surface area contributed by atoms with Crippen molar-refractivity contribution in [2.75, 3.05) is 49.8 Å². The van der Waals surface area contributed by atoms with Crippen molar-refractivity contribution in [3.05, 3.63) is 112 Å². The lowest BCUT2D eigenvalue weighted by Crippen LogP contribution is -2.34. The van der Waals surface area contributed by atoms with Crippen LogP contribution in [0.5, 0.6) is 5.75 Å². The molecule has 360 valence electrons. The number of nitrogens with zero attached hydrogens (tertiary/aromatic N) is 2. The van der Waals surface area contributed by atoms with Gasteiger partial charge in [-0.3, -0.25) is 18.5 Å². The third kappa shape index (κ3) is 12.9. The van der Waals surface area contributed by atoms with Crippen molar-refractivity contribution in [2.45, 2.75) is 75.5 Å². The molecule has 0 aromatic heterocycles. The maximum Gasteiger partial charge on any atom is 0.311 e. The van der Waals surface area contributed by atoms with Crippen LogP contribution in [0.4, 0.5) is 23.2 Å². The van der Waals surface area contributed by atoms with Crippen molar-refractivity contribution in [1.82, 2.24) is 4.58 Å². The van der Waals surface area contributed by atoms with Gasteiger partial charge in [-0.25, -0.2) is 13.4 Å². The highest BCUT2D eigenvalue weighted by molar-refractivity contribution is 7.86. The second kappa shape index (κ2) is 20.5. The molecule has 0 amide bonds. The Hall–Kier alpha value is -4.97. The molecule has 2 aliphatic heterocycles. The van der Waals surface area contributed by atoms with Gasteiger partial charge in [0.25, 0.3) is 30.4 Å². The van der Waals surface area contributed by atoms with Gasteiger partial charge in [0.1, 0.15) is 24.7 Å². The fraction of sp³-hybridized carbons (Fsp3) is 0.409. The van der Waals surface area contributed by atoms with Crippen LogP contribution in [0.3, 0.4) is 0 Å². The van der Waals surface area contributed by atoms with Crippen LogP contribution >= 0.6 is 0 Å². The first kappa shape index (κ1) is 52.0. The lowest BCUT2D eigenvalue weighted by Gasteiger charge is -2.30. The van der Waals surface area contributed by atoms with Gasteiger partial charge in [-0.15, -0.1) is 0 Å². The van der Waals surface area contributed by atoms with Crippen molar-refractivity contribution < 1.29 is 75.2 Å². The summed E-state index contributed by atoms with van der Waals surface area (Å²) >= 11 is 0. The number of allylic oxidation sites excluding steroid dienone is 3. The van der Waals surface area contributed by atoms with E-state index in [0.29, 0.717) is 47.0 Å². The van der Waals surface area contributed by atoms with E-state index >= 15 is 0 Å². The van der Waals surface area contributed by atoms with Gasteiger partial charge in [0.2, 0.25) is 22.7 Å². The zero-order valence-electron chi connectivity index (χ0n) is 36.7. The van der Waals surface area contributed by atoms with Gasteiger partial charge < -0.3 is 18.8 Å². The number of rotatable bonds is 19. The van der Waals surface area contributed by atoms with Gasteiger partial charge in [0.05, 0.1) is 22.5 Å². The molecule has 0 fully saturated rings. The number of anilines is 1. The average molecular weight is 988 g/mol. The largest absolute Gasteiger partial charge is 0.456 e. The Kier molecular flexibility index (Phi) is 16.1. The van der Waals surface area contributed by atoms with E-state index in [1.54, 1.807) is 36.1 Å². The minimum atomic E-state index is -4.77. The molecule has 1 aliphatic carbocycles. The Bertz CT molecular complexity index is 2900. The standard InChI is InChI=1S/C44H50F4N2O13S3/c1-43(2,3)32-25-29(62-37-24-28(13-15-31(32)37)49(20-21-61-5)18-8-22-64(52,53)54)10-6-11-38-44(4,17-7-12-39(51)63-42-40(47)34(45)27-35(46)41(42)48)33-26-30(66(58,59)60)14-16-36(33)50(38)19-9-23-65(55,56)57/h6,10-11,13-16,24-27H,7-9,12,17-23H2,1-5H3,(H2-,52,53,54,55,56,57,58,59,60)/p+1. The fourth-order valence-corrected chi connectivity index (χ4v) is 9.32. The second-order valence-corrected chi connectivity index (χ2v) is 21.5. The lowest BCUT2D eigenvalue weighted by molar-refractivity contribution is -0.135. The molecule has 1 atom stereocenters. The molecular weight excluding hydrogens is 937 g/mol. The minimum absolute atomic E-state index is 0.0257. The first-order valence-electron chi connectivity index (χ1n) is 20.5. The number of methoxy groups -OCH3 is 1. The number of ether oxygens (including phenoxy) is 2. The van der Waals surface area contributed by atoms with Crippen LogP contribution in [0.2, 0.25) is 0 Å². The van der Waals surface area contributed by atoms with Crippen molar-refractivity contribution in [3.63, 3.8) is 0 Å². The number of esters is 1. The molecule has 2 heterocycles. The molecule has 0 spiro atoms. The highest BCUT2D eigenvalue weighted by atomic mass is 32.2. The maximum atomic E-state index is 14.3. The summed E-state index contributed by atoms with van der Waals surface area (Å²) in [5, 5.41) is 0.688. The van der Waals surface area contributed by atoms with Crippen LogP contribution in [0.25, 0.3) is 17.4 Å². The fourth-order valence-electron chi connectivity index (χ4n) is 7.83. The molecule has 0 saturated carbocycles.